The molecule has 5 nitrogen and oxygen atoms in total. The Morgan fingerprint density at radius 2 is 2.18 bits per heavy atom. The number of rotatable bonds is 6. The molecule has 0 aromatic heterocycles. The molecule has 0 fully saturated rings. The summed E-state index contributed by atoms with van der Waals surface area (Å²) < 4.78 is 4.60. The molecule has 5 heteroatoms. The van der Waals surface area contributed by atoms with E-state index in [2.05, 4.69) is 10.1 Å². The van der Waals surface area contributed by atoms with Crippen LogP contribution in [0.1, 0.15) is 23.2 Å². The number of hydrogen-bond acceptors (Lipinski definition) is 4. The number of carbonyl (C=O) groups is 2. The second-order valence-electron chi connectivity index (χ2n) is 3.50. The molecule has 0 bridgehead atoms. The third-order valence-corrected chi connectivity index (χ3v) is 2.18. The number of carbonyl (C=O) groups excluding carboxylic acids is 1. The second-order valence-corrected chi connectivity index (χ2v) is 3.50. The third-order valence-electron chi connectivity index (χ3n) is 2.18. The summed E-state index contributed by atoms with van der Waals surface area (Å²) in [6, 6.07) is 6.89. The fraction of sp³-hybridized carbons (Fsp3) is 0.333. The van der Waals surface area contributed by atoms with E-state index in [1.807, 2.05) is 6.07 Å². The van der Waals surface area contributed by atoms with Gasteiger partial charge >= 0.3 is 11.9 Å². The van der Waals surface area contributed by atoms with E-state index in [9.17, 15) is 9.59 Å². The first kappa shape index (κ1) is 13.0. The zero-order valence-corrected chi connectivity index (χ0v) is 9.60. The van der Waals surface area contributed by atoms with Gasteiger partial charge in [-0.15, -0.1) is 0 Å². The molecule has 0 radical (unpaired) electrons. The molecule has 2 N–H and O–H groups in total. The number of methoxy groups -OCH3 is 1. The predicted octanol–water partition coefficient (Wildman–Crippen LogP) is 1.75. The normalized spacial score (nSPS) is 9.71. The highest BCUT2D eigenvalue weighted by Crippen LogP contribution is 2.11. The molecule has 0 atom stereocenters. The van der Waals surface area contributed by atoms with Gasteiger partial charge in [0.05, 0.1) is 12.7 Å². The number of esters is 1. The summed E-state index contributed by atoms with van der Waals surface area (Å²) in [6.07, 6.45) is 0.668. The fourth-order valence-electron chi connectivity index (χ4n) is 1.35. The van der Waals surface area contributed by atoms with Gasteiger partial charge in [0.15, 0.2) is 0 Å². The quantitative estimate of drug-likeness (QED) is 0.582. The van der Waals surface area contributed by atoms with E-state index < -0.39 is 5.97 Å². The Morgan fingerprint density at radius 3 is 2.82 bits per heavy atom. The van der Waals surface area contributed by atoms with Crippen molar-refractivity contribution in [1.29, 1.82) is 0 Å². The summed E-state index contributed by atoms with van der Waals surface area (Å²) in [5.74, 6) is -1.20. The van der Waals surface area contributed by atoms with Crippen LogP contribution in [0, 0.1) is 0 Å². The minimum absolute atomic E-state index is 0.129. The lowest BCUT2D eigenvalue weighted by molar-refractivity contribution is -0.137. The lowest BCUT2D eigenvalue weighted by Gasteiger charge is -2.06. The minimum atomic E-state index is -0.810. The minimum Gasteiger partial charge on any atom is -0.481 e. The number of benzene rings is 1. The zero-order valence-electron chi connectivity index (χ0n) is 9.60. The van der Waals surface area contributed by atoms with E-state index in [4.69, 9.17) is 5.11 Å². The number of carboxylic acid groups (broad SMARTS) is 1. The van der Waals surface area contributed by atoms with Crippen LogP contribution in [0.5, 0.6) is 0 Å². The topological polar surface area (TPSA) is 75.6 Å². The van der Waals surface area contributed by atoms with Crippen molar-refractivity contribution in [1.82, 2.24) is 0 Å². The highest BCUT2D eigenvalue weighted by atomic mass is 16.5. The molecule has 0 aliphatic heterocycles. The van der Waals surface area contributed by atoms with Crippen molar-refractivity contribution in [2.75, 3.05) is 19.0 Å². The lowest BCUT2D eigenvalue weighted by Crippen LogP contribution is -2.06. The van der Waals surface area contributed by atoms with Crippen molar-refractivity contribution in [3.63, 3.8) is 0 Å². The van der Waals surface area contributed by atoms with Crippen molar-refractivity contribution in [2.45, 2.75) is 12.8 Å². The molecule has 1 rings (SSSR count). The Bertz CT molecular complexity index is 403. The van der Waals surface area contributed by atoms with E-state index in [1.165, 1.54) is 7.11 Å². The molecule has 1 aromatic carbocycles. The number of nitrogens with one attached hydrogen (secondary N) is 1. The molecule has 0 unspecified atom stereocenters. The van der Waals surface area contributed by atoms with Gasteiger partial charge in [0, 0.05) is 18.7 Å². The van der Waals surface area contributed by atoms with Crippen molar-refractivity contribution in [2.24, 2.45) is 0 Å². The molecule has 1 aromatic rings. The largest absolute Gasteiger partial charge is 0.481 e. The monoisotopic (exact) mass is 237 g/mol. The van der Waals surface area contributed by atoms with Gasteiger partial charge in [0.1, 0.15) is 0 Å². The van der Waals surface area contributed by atoms with Crippen LogP contribution >= 0.6 is 0 Å². The zero-order chi connectivity index (χ0) is 12.7. The molecule has 0 heterocycles. The molecule has 0 saturated heterocycles. The highest BCUT2D eigenvalue weighted by molar-refractivity contribution is 5.90. The van der Waals surface area contributed by atoms with Crippen molar-refractivity contribution < 1.29 is 19.4 Å². The summed E-state index contributed by atoms with van der Waals surface area (Å²) in [4.78, 5) is 21.6. The maximum absolute atomic E-state index is 11.3. The van der Waals surface area contributed by atoms with Gasteiger partial charge in [-0.3, -0.25) is 4.79 Å². The number of carboxylic acids is 1. The Labute approximate surface area is 99.4 Å². The molecule has 0 saturated carbocycles. The molecule has 17 heavy (non-hydrogen) atoms. The summed E-state index contributed by atoms with van der Waals surface area (Å²) in [6.45, 7) is 0.553. The molecule has 92 valence electrons. The fourth-order valence-corrected chi connectivity index (χ4v) is 1.35. The van der Waals surface area contributed by atoms with E-state index in [-0.39, 0.29) is 12.4 Å². The Hall–Kier alpha value is -2.04. The molecule has 0 amide bonds. The average Bonchev–Trinajstić information content (AvgIpc) is 2.34. The first-order chi connectivity index (χ1) is 8.13. The smallest absolute Gasteiger partial charge is 0.337 e. The molecule has 0 spiro atoms. The third kappa shape index (κ3) is 4.55. The highest BCUT2D eigenvalue weighted by Gasteiger charge is 2.05. The molecule has 0 aliphatic carbocycles. The van der Waals surface area contributed by atoms with Crippen LogP contribution in [0.15, 0.2) is 24.3 Å². The van der Waals surface area contributed by atoms with Crippen LogP contribution in [0.25, 0.3) is 0 Å². The number of ether oxygens (including phenoxy) is 1. The number of anilines is 1. The van der Waals surface area contributed by atoms with E-state index in [0.29, 0.717) is 18.5 Å². The maximum Gasteiger partial charge on any atom is 0.337 e. The van der Waals surface area contributed by atoms with E-state index >= 15 is 0 Å². The number of aliphatic carboxylic acids is 1. The van der Waals surface area contributed by atoms with Crippen LogP contribution in [0.2, 0.25) is 0 Å². The summed E-state index contributed by atoms with van der Waals surface area (Å²) >= 11 is 0. The molecule has 0 aliphatic rings. The van der Waals surface area contributed by atoms with Crippen LogP contribution in [0.3, 0.4) is 0 Å². The Kier molecular flexibility index (Phi) is 5.00. The van der Waals surface area contributed by atoms with Crippen LogP contribution in [0.4, 0.5) is 5.69 Å². The Morgan fingerprint density at radius 1 is 1.41 bits per heavy atom. The van der Waals surface area contributed by atoms with Crippen molar-refractivity contribution >= 4 is 17.6 Å². The maximum atomic E-state index is 11.3. The lowest BCUT2D eigenvalue weighted by atomic mass is 10.2. The van der Waals surface area contributed by atoms with Gasteiger partial charge in [0.2, 0.25) is 0 Å². The first-order valence-corrected chi connectivity index (χ1v) is 5.27. The van der Waals surface area contributed by atoms with Crippen LogP contribution < -0.4 is 5.32 Å². The van der Waals surface area contributed by atoms with Gasteiger partial charge in [0.25, 0.3) is 0 Å². The summed E-state index contributed by atoms with van der Waals surface area (Å²) in [5.41, 5.74) is 1.24. The molecular weight excluding hydrogens is 222 g/mol. The summed E-state index contributed by atoms with van der Waals surface area (Å²) in [5, 5.41) is 11.5. The average molecular weight is 237 g/mol. The SMILES string of the molecule is COC(=O)c1cccc(NCCCC(=O)O)c1. The predicted molar refractivity (Wildman–Crippen MR) is 63.1 cm³/mol. The van der Waals surface area contributed by atoms with Crippen molar-refractivity contribution in [3.8, 4) is 0 Å². The second kappa shape index (κ2) is 6.52. The van der Waals surface area contributed by atoms with Crippen LogP contribution in [-0.4, -0.2) is 30.7 Å². The Balaban J connectivity index is 2.48. The van der Waals surface area contributed by atoms with Gasteiger partial charge in [-0.2, -0.15) is 0 Å². The van der Waals surface area contributed by atoms with E-state index in [0.717, 1.165) is 5.69 Å². The van der Waals surface area contributed by atoms with Gasteiger partial charge in [-0.1, -0.05) is 6.07 Å². The van der Waals surface area contributed by atoms with Gasteiger partial charge in [-0.05, 0) is 24.6 Å². The first-order valence-electron chi connectivity index (χ1n) is 5.27. The van der Waals surface area contributed by atoms with Crippen LogP contribution in [-0.2, 0) is 9.53 Å². The van der Waals surface area contributed by atoms with Gasteiger partial charge in [-0.25, -0.2) is 4.79 Å². The molecular formula is C12H15NO4. The standard InChI is InChI=1S/C12H15NO4/c1-17-12(16)9-4-2-5-10(8-9)13-7-3-6-11(14)15/h2,4-5,8,13H,3,6-7H2,1H3,(H,14,15). The van der Waals surface area contributed by atoms with Crippen molar-refractivity contribution in [3.05, 3.63) is 29.8 Å². The number of hydrogen-bond donors (Lipinski definition) is 2. The summed E-state index contributed by atoms with van der Waals surface area (Å²) in [7, 11) is 1.33. The van der Waals surface area contributed by atoms with Gasteiger partial charge < -0.3 is 15.2 Å². The van der Waals surface area contributed by atoms with E-state index in [1.54, 1.807) is 18.2 Å².